The van der Waals surface area contributed by atoms with Crippen molar-refractivity contribution in [3.8, 4) is 17.2 Å². The average molecular weight is 549 g/mol. The van der Waals surface area contributed by atoms with Crippen molar-refractivity contribution < 1.29 is 27.4 Å². The van der Waals surface area contributed by atoms with Gasteiger partial charge in [-0.25, -0.2) is 13.3 Å². The Morgan fingerprint density at radius 3 is 2.58 bits per heavy atom. The van der Waals surface area contributed by atoms with E-state index in [2.05, 4.69) is 9.39 Å². The molecule has 13 heteroatoms. The molecule has 0 atom stereocenters. The number of benzene rings is 2. The molecule has 10 nitrogen and oxygen atoms in total. The number of nitrogens with zero attached hydrogens (tertiary/aromatic N) is 3. The molecule has 2 heterocycles. The fourth-order valence-electron chi connectivity index (χ4n) is 3.32. The Kier molecular flexibility index (Phi) is 7.38. The Bertz CT molecular complexity index is 1450. The number of aliphatic imine (C=N–C) groups is 1. The predicted octanol–water partition coefficient (Wildman–Crippen LogP) is 3.74. The van der Waals surface area contributed by atoms with Gasteiger partial charge in [0.05, 0.1) is 24.6 Å². The number of carbonyl (C=O) groups is 1. The van der Waals surface area contributed by atoms with E-state index in [1.807, 2.05) is 13.0 Å². The van der Waals surface area contributed by atoms with E-state index < -0.39 is 15.7 Å². The summed E-state index contributed by atoms with van der Waals surface area (Å²) < 4.78 is 44.8. The van der Waals surface area contributed by atoms with Crippen LogP contribution in [0.3, 0.4) is 0 Å². The first kappa shape index (κ1) is 25.7. The summed E-state index contributed by atoms with van der Waals surface area (Å²) in [5.41, 5.74) is 1.36. The predicted molar refractivity (Wildman–Crippen MR) is 140 cm³/mol. The van der Waals surface area contributed by atoms with Gasteiger partial charge in [0.25, 0.3) is 5.91 Å². The second kappa shape index (κ2) is 10.3. The molecular formula is C23H21ClN4O6S2. The van der Waals surface area contributed by atoms with Crippen LogP contribution in [0.15, 0.2) is 51.4 Å². The number of fused-ring (bicyclic) bond motifs is 1. The molecule has 4 rings (SSSR count). The topological polar surface area (TPSA) is 131 Å². The first-order chi connectivity index (χ1) is 17.1. The summed E-state index contributed by atoms with van der Waals surface area (Å²) in [6.45, 7) is 2.43. The minimum Gasteiger partial charge on any atom is -0.493 e. The highest BCUT2D eigenvalue weighted by Crippen LogP contribution is 2.32. The number of rotatable bonds is 7. The van der Waals surface area contributed by atoms with E-state index in [0.29, 0.717) is 34.4 Å². The van der Waals surface area contributed by atoms with Crippen molar-refractivity contribution in [1.82, 2.24) is 4.90 Å². The fourth-order valence-corrected chi connectivity index (χ4v) is 5.28. The summed E-state index contributed by atoms with van der Waals surface area (Å²) in [6, 6.07) is 10.4. The molecule has 188 valence electrons. The summed E-state index contributed by atoms with van der Waals surface area (Å²) in [7, 11) is -2.25. The number of nitrogens with one attached hydrogen (secondary N) is 1. The molecule has 36 heavy (non-hydrogen) atoms. The monoisotopic (exact) mass is 548 g/mol. The molecule has 0 aromatic heterocycles. The molecule has 1 amide bonds. The highest BCUT2D eigenvalue weighted by atomic mass is 35.5. The van der Waals surface area contributed by atoms with Crippen molar-refractivity contribution in [3.05, 3.63) is 58.1 Å². The molecule has 2 aromatic rings. The van der Waals surface area contributed by atoms with Crippen LogP contribution in [-0.2, 0) is 14.6 Å². The zero-order valence-corrected chi connectivity index (χ0v) is 21.8. The highest BCUT2D eigenvalue weighted by molar-refractivity contribution is 8.16. The van der Waals surface area contributed by atoms with Crippen LogP contribution < -0.4 is 14.2 Å². The van der Waals surface area contributed by atoms with Gasteiger partial charge in [-0.1, -0.05) is 17.7 Å². The zero-order chi connectivity index (χ0) is 26.0. The van der Waals surface area contributed by atoms with Crippen molar-refractivity contribution in [1.29, 1.82) is 5.41 Å². The number of amides is 1. The summed E-state index contributed by atoms with van der Waals surface area (Å²) in [4.78, 5) is 17.5. The molecule has 0 spiro atoms. The summed E-state index contributed by atoms with van der Waals surface area (Å²) >= 11 is 6.76. The van der Waals surface area contributed by atoms with Gasteiger partial charge in [0.1, 0.15) is 24.8 Å². The van der Waals surface area contributed by atoms with E-state index in [-0.39, 0.29) is 28.4 Å². The van der Waals surface area contributed by atoms with E-state index in [0.717, 1.165) is 28.7 Å². The Morgan fingerprint density at radius 2 is 1.89 bits per heavy atom. The number of hydrogen-bond donors (Lipinski definition) is 1. The third-order valence-corrected chi connectivity index (χ3v) is 7.24. The number of ether oxygens (including phenoxy) is 3. The molecular weight excluding hydrogens is 528 g/mol. The number of hydrogen-bond acceptors (Lipinski definition) is 9. The van der Waals surface area contributed by atoms with Crippen molar-refractivity contribution in [2.24, 2.45) is 9.39 Å². The maximum atomic E-state index is 12.5. The second-order valence-corrected chi connectivity index (χ2v) is 10.7. The SMILES string of the molecule is COc1cc(/C=C2/C(=N)N3C(=NC2=O)SN=C3S(C)(=O)=O)ccc1OCCOc1ccc(Cl)c(C)c1. The maximum absolute atomic E-state index is 12.5. The number of aryl methyl sites for hydroxylation is 1. The third kappa shape index (κ3) is 5.40. The van der Waals surface area contributed by atoms with Crippen LogP contribution in [0.1, 0.15) is 11.1 Å². The Balaban J connectivity index is 1.47. The molecule has 0 bridgehead atoms. The summed E-state index contributed by atoms with van der Waals surface area (Å²) in [5, 5.41) is 8.79. The minimum absolute atomic E-state index is 0.0277. The largest absolute Gasteiger partial charge is 0.493 e. The molecule has 2 aliphatic rings. The van der Waals surface area contributed by atoms with Crippen molar-refractivity contribution in [2.75, 3.05) is 26.6 Å². The van der Waals surface area contributed by atoms with Crippen LogP contribution in [0.4, 0.5) is 0 Å². The molecule has 0 aliphatic carbocycles. The first-order valence-corrected chi connectivity index (χ1v) is 13.5. The van der Waals surface area contributed by atoms with E-state index >= 15 is 0 Å². The lowest BCUT2D eigenvalue weighted by atomic mass is 10.1. The van der Waals surface area contributed by atoms with Gasteiger partial charge in [-0.2, -0.15) is 9.39 Å². The quantitative estimate of drug-likeness (QED) is 0.314. The number of carbonyl (C=O) groups excluding carboxylic acids is 1. The number of sulfone groups is 1. The molecule has 0 radical (unpaired) electrons. The smallest absolute Gasteiger partial charge is 0.283 e. The van der Waals surface area contributed by atoms with Crippen LogP contribution in [-0.4, -0.2) is 62.0 Å². The third-order valence-electron chi connectivity index (χ3n) is 5.06. The Labute approximate surface area is 217 Å². The van der Waals surface area contributed by atoms with Gasteiger partial charge in [0, 0.05) is 11.3 Å². The van der Waals surface area contributed by atoms with Gasteiger partial charge in [-0.05, 0) is 54.5 Å². The summed E-state index contributed by atoms with van der Waals surface area (Å²) in [5.74, 6) is 0.551. The van der Waals surface area contributed by atoms with E-state index in [1.54, 1.807) is 30.3 Å². The van der Waals surface area contributed by atoms with E-state index in [9.17, 15) is 13.2 Å². The lowest BCUT2D eigenvalue weighted by molar-refractivity contribution is -0.114. The van der Waals surface area contributed by atoms with E-state index in [4.69, 9.17) is 31.2 Å². The Morgan fingerprint density at radius 1 is 1.14 bits per heavy atom. The van der Waals surface area contributed by atoms with Crippen LogP contribution in [0.25, 0.3) is 6.08 Å². The van der Waals surface area contributed by atoms with Crippen molar-refractivity contribution in [3.63, 3.8) is 0 Å². The minimum atomic E-state index is -3.73. The van der Waals surface area contributed by atoms with Gasteiger partial charge < -0.3 is 14.2 Å². The highest BCUT2D eigenvalue weighted by Gasteiger charge is 2.41. The van der Waals surface area contributed by atoms with Gasteiger partial charge in [-0.3, -0.25) is 10.2 Å². The molecule has 0 fully saturated rings. The second-order valence-electron chi connectivity index (χ2n) is 7.70. The lowest BCUT2D eigenvalue weighted by Crippen LogP contribution is -2.45. The number of amidine groups is 3. The van der Waals surface area contributed by atoms with Crippen LogP contribution in [0.2, 0.25) is 5.02 Å². The maximum Gasteiger partial charge on any atom is 0.283 e. The lowest BCUT2D eigenvalue weighted by Gasteiger charge is -2.23. The van der Waals surface area contributed by atoms with Crippen molar-refractivity contribution >= 4 is 61.5 Å². The molecule has 2 aliphatic heterocycles. The molecule has 0 saturated carbocycles. The Hall–Kier alpha value is -3.35. The molecule has 0 unspecified atom stereocenters. The average Bonchev–Trinajstić information content (AvgIpc) is 3.26. The molecule has 0 saturated heterocycles. The van der Waals surface area contributed by atoms with Gasteiger partial charge in [0.2, 0.25) is 20.2 Å². The number of halogens is 1. The summed E-state index contributed by atoms with van der Waals surface area (Å²) in [6.07, 6.45) is 2.42. The fraction of sp³-hybridized carbons (Fsp3) is 0.217. The molecule has 1 N–H and O–H groups in total. The van der Waals surface area contributed by atoms with Crippen LogP contribution >= 0.6 is 23.5 Å². The van der Waals surface area contributed by atoms with Gasteiger partial charge in [0.15, 0.2) is 11.5 Å². The van der Waals surface area contributed by atoms with E-state index in [1.165, 1.54) is 13.2 Å². The zero-order valence-electron chi connectivity index (χ0n) is 19.4. The number of methoxy groups -OCH3 is 1. The standard InChI is InChI=1S/C23H21ClN4O6S2/c1-13-10-15(5-6-17(13)24)33-8-9-34-18-7-4-14(12-19(18)32-2)11-16-20(25)28-22(26-21(16)29)35-27-23(28)36(3,30)31/h4-7,10-12,25H,8-9H2,1-3H3/b16-11-,25-20?. The van der Waals surface area contributed by atoms with Crippen LogP contribution in [0, 0.1) is 12.3 Å². The van der Waals surface area contributed by atoms with Crippen LogP contribution in [0.5, 0.6) is 17.2 Å². The van der Waals surface area contributed by atoms with Gasteiger partial charge >= 0.3 is 0 Å². The van der Waals surface area contributed by atoms with Crippen molar-refractivity contribution in [2.45, 2.75) is 6.92 Å². The van der Waals surface area contributed by atoms with Gasteiger partial charge in [-0.15, -0.1) is 0 Å². The normalized spacial score (nSPS) is 16.6. The molecule has 2 aromatic carbocycles. The first-order valence-electron chi connectivity index (χ1n) is 10.5.